The van der Waals surface area contributed by atoms with Gasteiger partial charge in [0.2, 0.25) is 0 Å². The van der Waals surface area contributed by atoms with E-state index in [1.54, 1.807) is 7.05 Å². The van der Waals surface area contributed by atoms with E-state index in [1.165, 1.54) is 11.0 Å². The second-order valence-electron chi connectivity index (χ2n) is 8.77. The van der Waals surface area contributed by atoms with E-state index >= 15 is 0 Å². The van der Waals surface area contributed by atoms with E-state index in [1.807, 2.05) is 40.9 Å². The van der Waals surface area contributed by atoms with Gasteiger partial charge in [-0.25, -0.2) is 23.3 Å². The fourth-order valence-corrected chi connectivity index (χ4v) is 5.44. The van der Waals surface area contributed by atoms with Crippen molar-refractivity contribution in [1.82, 2.24) is 25.0 Å². The van der Waals surface area contributed by atoms with Gasteiger partial charge in [-0.15, -0.1) is 0 Å². The zero-order valence-electron chi connectivity index (χ0n) is 19.0. The summed E-state index contributed by atoms with van der Waals surface area (Å²) < 4.78 is 26.1. The standard InChI is InChI=1S/C24H28F2IN5O2/c1-30-23(34)32(16-24(30,27)18-6-7-19(25)20(26)15-18)22(33)29-11-4-12-31-13-8-17(9-14-31)21-5-2-3-10-28-21/h2-3,5-7,10,15,17H,4,8-9,11-14,16H2,1H3,(H,29,33). The fraction of sp³-hybridized carbons (Fsp3) is 0.458. The van der Waals surface area contributed by atoms with Crippen LogP contribution < -0.4 is 5.32 Å². The van der Waals surface area contributed by atoms with Gasteiger partial charge < -0.3 is 15.1 Å². The molecule has 1 N–H and O–H groups in total. The van der Waals surface area contributed by atoms with Gasteiger partial charge in [-0.1, -0.05) is 12.1 Å². The monoisotopic (exact) mass is 583 g/mol. The summed E-state index contributed by atoms with van der Waals surface area (Å²) in [6.45, 7) is 3.35. The zero-order valence-corrected chi connectivity index (χ0v) is 21.2. The van der Waals surface area contributed by atoms with Gasteiger partial charge in [0.05, 0.1) is 6.54 Å². The first-order valence-corrected chi connectivity index (χ1v) is 12.5. The van der Waals surface area contributed by atoms with E-state index < -0.39 is 27.2 Å². The van der Waals surface area contributed by atoms with E-state index in [-0.39, 0.29) is 6.54 Å². The van der Waals surface area contributed by atoms with Crippen molar-refractivity contribution in [3.63, 3.8) is 0 Å². The summed E-state index contributed by atoms with van der Waals surface area (Å²) in [4.78, 5) is 34.8. The molecule has 34 heavy (non-hydrogen) atoms. The number of benzene rings is 1. The van der Waals surface area contributed by atoms with Crippen LogP contribution in [0.3, 0.4) is 0 Å². The molecule has 182 valence electrons. The number of rotatable bonds is 6. The third kappa shape index (κ3) is 5.17. The van der Waals surface area contributed by atoms with Crippen LogP contribution in [0.2, 0.25) is 0 Å². The first kappa shape index (κ1) is 24.8. The van der Waals surface area contributed by atoms with Crippen molar-refractivity contribution in [2.75, 3.05) is 39.8 Å². The average Bonchev–Trinajstić information content (AvgIpc) is 3.09. The molecule has 2 aliphatic rings. The van der Waals surface area contributed by atoms with E-state index in [9.17, 15) is 18.4 Å². The number of alkyl halides is 1. The largest absolute Gasteiger partial charge is 0.338 e. The van der Waals surface area contributed by atoms with E-state index in [2.05, 4.69) is 21.3 Å². The number of nitrogens with zero attached hydrogens (tertiary/aromatic N) is 4. The molecule has 0 spiro atoms. The van der Waals surface area contributed by atoms with Crippen LogP contribution in [0, 0.1) is 11.6 Å². The van der Waals surface area contributed by atoms with Crippen molar-refractivity contribution < 1.29 is 18.4 Å². The van der Waals surface area contributed by atoms with Crippen LogP contribution in [0.25, 0.3) is 0 Å². The second kappa shape index (κ2) is 10.5. The molecule has 2 aromatic rings. The molecule has 10 heteroatoms. The number of imide groups is 1. The number of carbonyl (C=O) groups excluding carboxylic acids is 2. The first-order chi connectivity index (χ1) is 16.3. The molecular formula is C24H28F2IN5O2. The lowest BCUT2D eigenvalue weighted by atomic mass is 9.93. The van der Waals surface area contributed by atoms with Crippen LogP contribution >= 0.6 is 22.6 Å². The molecule has 0 aliphatic carbocycles. The minimum Gasteiger partial charge on any atom is -0.338 e. The quantitative estimate of drug-likeness (QED) is 0.239. The Labute approximate surface area is 211 Å². The number of hydrogen-bond donors (Lipinski definition) is 1. The molecule has 0 bridgehead atoms. The highest BCUT2D eigenvalue weighted by Gasteiger charge is 2.49. The summed E-state index contributed by atoms with van der Waals surface area (Å²) in [5, 5.41) is 2.82. The van der Waals surface area contributed by atoms with E-state index in [0.717, 1.165) is 61.6 Å². The predicted molar refractivity (Wildman–Crippen MR) is 133 cm³/mol. The lowest BCUT2D eigenvalue weighted by molar-refractivity contribution is 0.186. The summed E-state index contributed by atoms with van der Waals surface area (Å²) in [7, 11) is 1.55. The Balaban J connectivity index is 1.23. The molecular weight excluding hydrogens is 555 g/mol. The zero-order chi connectivity index (χ0) is 24.3. The minimum absolute atomic E-state index is 0.0425. The first-order valence-electron chi connectivity index (χ1n) is 11.4. The van der Waals surface area contributed by atoms with Gasteiger partial charge in [-0.3, -0.25) is 4.98 Å². The van der Waals surface area contributed by atoms with Gasteiger partial charge in [-0.05, 0) is 91.3 Å². The van der Waals surface area contributed by atoms with Crippen molar-refractivity contribution in [1.29, 1.82) is 0 Å². The smallest absolute Gasteiger partial charge is 0.329 e. The van der Waals surface area contributed by atoms with Crippen molar-refractivity contribution in [2.45, 2.75) is 28.7 Å². The maximum atomic E-state index is 13.8. The summed E-state index contributed by atoms with van der Waals surface area (Å²) in [6.07, 6.45) is 4.75. The number of amides is 4. The molecule has 4 amide bonds. The van der Waals surface area contributed by atoms with Crippen LogP contribution in [0.1, 0.15) is 36.4 Å². The second-order valence-corrected chi connectivity index (χ2v) is 10.6. The van der Waals surface area contributed by atoms with Gasteiger partial charge in [0.25, 0.3) is 0 Å². The summed E-state index contributed by atoms with van der Waals surface area (Å²) in [5.41, 5.74) is 1.58. The highest BCUT2D eigenvalue weighted by atomic mass is 127. The number of likely N-dealkylation sites (N-methyl/N-ethyl adjacent to an activating group) is 1. The van der Waals surface area contributed by atoms with Crippen molar-refractivity contribution in [3.8, 4) is 0 Å². The summed E-state index contributed by atoms with van der Waals surface area (Å²) in [6, 6.07) is 8.63. The van der Waals surface area contributed by atoms with Crippen LogP contribution in [0.5, 0.6) is 0 Å². The number of pyridine rings is 1. The number of carbonyl (C=O) groups is 2. The van der Waals surface area contributed by atoms with Crippen LogP contribution in [0.4, 0.5) is 18.4 Å². The number of urea groups is 2. The number of likely N-dealkylation sites (tertiary alicyclic amines) is 1. The van der Waals surface area contributed by atoms with E-state index in [0.29, 0.717) is 18.0 Å². The Morgan fingerprint density at radius 1 is 1.21 bits per heavy atom. The third-order valence-corrected chi connectivity index (χ3v) is 8.33. The number of hydrogen-bond acceptors (Lipinski definition) is 4. The molecule has 4 rings (SSSR count). The van der Waals surface area contributed by atoms with Gasteiger partial charge in [0.1, 0.15) is 3.55 Å². The molecule has 0 radical (unpaired) electrons. The number of aromatic nitrogens is 1. The SMILES string of the molecule is CN1C(=O)N(C(=O)NCCCN2CCC(c3ccccn3)CC2)CC1(I)c1ccc(F)c(F)c1. The topological polar surface area (TPSA) is 68.8 Å². The lowest BCUT2D eigenvalue weighted by Gasteiger charge is -2.31. The number of piperidine rings is 1. The predicted octanol–water partition coefficient (Wildman–Crippen LogP) is 4.29. The molecule has 0 saturated carbocycles. The molecule has 2 saturated heterocycles. The highest BCUT2D eigenvalue weighted by molar-refractivity contribution is 14.1. The molecule has 1 aromatic heterocycles. The normalized spacial score (nSPS) is 21.8. The third-order valence-electron chi connectivity index (χ3n) is 6.65. The molecule has 3 heterocycles. The maximum Gasteiger partial charge on any atom is 0.329 e. The van der Waals surface area contributed by atoms with Gasteiger partial charge >= 0.3 is 12.1 Å². The minimum atomic E-state index is -0.985. The molecule has 1 unspecified atom stereocenters. The van der Waals surface area contributed by atoms with E-state index in [4.69, 9.17) is 0 Å². The Hall–Kier alpha value is -2.34. The average molecular weight is 583 g/mol. The fourth-order valence-electron chi connectivity index (χ4n) is 4.56. The van der Waals surface area contributed by atoms with Crippen LogP contribution in [-0.4, -0.2) is 71.5 Å². The van der Waals surface area contributed by atoms with Crippen molar-refractivity contribution in [3.05, 3.63) is 65.5 Å². The Bertz CT molecular complexity index is 1040. The maximum absolute atomic E-state index is 13.8. The number of nitrogens with one attached hydrogen (secondary N) is 1. The molecule has 1 atom stereocenters. The number of halogens is 3. The van der Waals surface area contributed by atoms with Crippen molar-refractivity contribution in [2.24, 2.45) is 0 Å². The van der Waals surface area contributed by atoms with Crippen molar-refractivity contribution >= 4 is 34.7 Å². The Morgan fingerprint density at radius 2 is 1.97 bits per heavy atom. The Morgan fingerprint density at radius 3 is 2.65 bits per heavy atom. The van der Waals surface area contributed by atoms with Gasteiger partial charge in [-0.2, -0.15) is 0 Å². The van der Waals surface area contributed by atoms with Gasteiger partial charge in [0.15, 0.2) is 11.6 Å². The highest BCUT2D eigenvalue weighted by Crippen LogP contribution is 2.41. The lowest BCUT2D eigenvalue weighted by Crippen LogP contribution is -2.43. The molecule has 2 aliphatic heterocycles. The molecule has 2 fully saturated rings. The summed E-state index contributed by atoms with van der Waals surface area (Å²) >= 11 is 2.01. The van der Waals surface area contributed by atoms with Crippen LogP contribution in [-0.2, 0) is 3.55 Å². The van der Waals surface area contributed by atoms with Crippen LogP contribution in [0.15, 0.2) is 42.6 Å². The molecule has 7 nitrogen and oxygen atoms in total. The van der Waals surface area contributed by atoms with Gasteiger partial charge in [0, 0.05) is 31.4 Å². The summed E-state index contributed by atoms with van der Waals surface area (Å²) in [5.74, 6) is -1.44. The Kier molecular flexibility index (Phi) is 7.66. The molecule has 1 aromatic carbocycles.